The van der Waals surface area contributed by atoms with E-state index in [9.17, 15) is 19.5 Å². The summed E-state index contributed by atoms with van der Waals surface area (Å²) in [6.07, 6.45) is 0.407. The van der Waals surface area contributed by atoms with Gasteiger partial charge < -0.3 is 20.3 Å². The van der Waals surface area contributed by atoms with Crippen LogP contribution in [0.15, 0.2) is 11.3 Å². The molecule has 2 aliphatic heterocycles. The smallest absolute Gasteiger partial charge is 0.543 e. The van der Waals surface area contributed by atoms with Gasteiger partial charge in [0.25, 0.3) is 5.91 Å². The van der Waals surface area contributed by atoms with Gasteiger partial charge in [-0.3, -0.25) is 14.5 Å². The molecule has 0 bridgehead atoms. The first-order valence-electron chi connectivity index (χ1n) is 4.80. The Bertz CT molecular complexity index is 427. The van der Waals surface area contributed by atoms with Crippen LogP contribution < -0.4 is 40.0 Å². The number of hydrogen-bond donors (Lipinski definition) is 2. The summed E-state index contributed by atoms with van der Waals surface area (Å²) in [6.45, 7) is -0.432. The van der Waals surface area contributed by atoms with Gasteiger partial charge in [0.05, 0.1) is 18.3 Å². The quantitative estimate of drug-likeness (QED) is 0.301. The molecule has 0 spiro atoms. The van der Waals surface area contributed by atoms with Crippen molar-refractivity contribution in [3.8, 4) is 0 Å². The van der Waals surface area contributed by atoms with Crippen molar-refractivity contribution in [2.24, 2.45) is 0 Å². The molecule has 0 aromatic rings. The standard InChI is InChI=1S/C9H10N2O5S.Na/c12-1-4-2-17-8-5(10-3-13)7(14)11(8)6(4)9(15)16;/h3,5,8,12H,1-2H2,(H,10,13)(H,15,16);/q;+1/p-1/t5-,8+;/m1./s1. The van der Waals surface area contributed by atoms with E-state index in [1.165, 1.54) is 11.8 Å². The molecule has 0 saturated carbocycles. The number of thioether (sulfide) groups is 1. The van der Waals surface area contributed by atoms with Gasteiger partial charge in [-0.1, -0.05) is 0 Å². The minimum absolute atomic E-state index is 0. The maximum Gasteiger partial charge on any atom is 1.00 e. The number of hydrogen-bond acceptors (Lipinski definition) is 6. The Kier molecular flexibility index (Phi) is 5.23. The van der Waals surface area contributed by atoms with Crippen LogP contribution in [0, 0.1) is 0 Å². The Hall–Kier alpha value is -0.540. The molecule has 2 aliphatic rings. The van der Waals surface area contributed by atoms with E-state index in [0.29, 0.717) is 12.2 Å². The third-order valence-corrected chi connectivity index (χ3v) is 4.02. The van der Waals surface area contributed by atoms with Crippen molar-refractivity contribution in [2.45, 2.75) is 11.4 Å². The Morgan fingerprint density at radius 2 is 2.33 bits per heavy atom. The number of carbonyl (C=O) groups excluding carboxylic acids is 3. The van der Waals surface area contributed by atoms with Crippen LogP contribution in [-0.4, -0.2) is 52.1 Å². The Morgan fingerprint density at radius 3 is 2.83 bits per heavy atom. The summed E-state index contributed by atoms with van der Waals surface area (Å²) in [6, 6.07) is -0.702. The monoisotopic (exact) mass is 280 g/mol. The molecule has 2 rings (SSSR count). The van der Waals surface area contributed by atoms with E-state index < -0.39 is 29.9 Å². The third kappa shape index (κ3) is 2.30. The largest absolute Gasteiger partial charge is 1.00 e. The summed E-state index contributed by atoms with van der Waals surface area (Å²) in [5, 5.41) is 21.9. The average Bonchev–Trinajstić information content (AvgIpc) is 2.33. The van der Waals surface area contributed by atoms with Crippen LogP contribution in [0.5, 0.6) is 0 Å². The Balaban J connectivity index is 0.00000162. The number of aliphatic hydroxyl groups excluding tert-OH is 1. The van der Waals surface area contributed by atoms with Crippen LogP contribution >= 0.6 is 11.8 Å². The number of carboxylic acid groups (broad SMARTS) is 1. The van der Waals surface area contributed by atoms with Gasteiger partial charge in [-0.15, -0.1) is 11.8 Å². The first-order chi connectivity index (χ1) is 8.11. The van der Waals surface area contributed by atoms with E-state index in [4.69, 9.17) is 5.11 Å². The molecule has 0 aromatic heterocycles. The zero-order chi connectivity index (χ0) is 12.6. The Labute approximate surface area is 129 Å². The number of nitrogens with zero attached hydrogens (tertiary/aromatic N) is 1. The van der Waals surface area contributed by atoms with Crippen molar-refractivity contribution in [2.75, 3.05) is 12.4 Å². The predicted molar refractivity (Wildman–Crippen MR) is 55.2 cm³/mol. The fourth-order valence-electron chi connectivity index (χ4n) is 1.89. The van der Waals surface area contributed by atoms with Crippen molar-refractivity contribution in [1.82, 2.24) is 10.2 Å². The van der Waals surface area contributed by atoms with Gasteiger partial charge in [-0.25, -0.2) is 0 Å². The minimum Gasteiger partial charge on any atom is -0.543 e. The molecule has 0 aliphatic carbocycles. The number of β-lactam (4-membered cyclic amide) rings is 1. The van der Waals surface area contributed by atoms with E-state index in [2.05, 4.69) is 5.32 Å². The van der Waals surface area contributed by atoms with Crippen LogP contribution in [0.1, 0.15) is 0 Å². The molecular formula is C9H9N2NaO5S. The van der Waals surface area contributed by atoms with Crippen LogP contribution in [-0.2, 0) is 14.4 Å². The van der Waals surface area contributed by atoms with Gasteiger partial charge in [0.2, 0.25) is 6.41 Å². The van der Waals surface area contributed by atoms with Gasteiger partial charge >= 0.3 is 29.6 Å². The maximum absolute atomic E-state index is 11.6. The van der Waals surface area contributed by atoms with Gasteiger partial charge in [0, 0.05) is 5.75 Å². The second-order valence-electron chi connectivity index (χ2n) is 3.57. The van der Waals surface area contributed by atoms with E-state index in [0.717, 1.165) is 4.90 Å². The maximum atomic E-state index is 11.6. The number of amides is 2. The molecule has 0 radical (unpaired) electrons. The molecule has 1 saturated heterocycles. The van der Waals surface area contributed by atoms with Crippen molar-refractivity contribution in [3.05, 3.63) is 11.3 Å². The minimum atomic E-state index is -1.49. The van der Waals surface area contributed by atoms with Gasteiger partial charge in [0.15, 0.2) is 0 Å². The first kappa shape index (κ1) is 15.5. The molecular weight excluding hydrogens is 271 g/mol. The molecule has 0 unspecified atom stereocenters. The topological polar surface area (TPSA) is 110 Å². The SMILES string of the molecule is O=CN[C@@H]1C(=O)N2C(C(=O)[O-])=C(CO)CS[C@@H]12.[Na+]. The molecule has 2 amide bonds. The van der Waals surface area contributed by atoms with E-state index >= 15 is 0 Å². The van der Waals surface area contributed by atoms with Gasteiger partial charge in [-0.2, -0.15) is 0 Å². The van der Waals surface area contributed by atoms with Crippen molar-refractivity contribution in [3.63, 3.8) is 0 Å². The molecule has 1 fully saturated rings. The summed E-state index contributed by atoms with van der Waals surface area (Å²) < 4.78 is 0. The van der Waals surface area contributed by atoms with Crippen molar-refractivity contribution >= 4 is 30.0 Å². The number of aliphatic carboxylic acids is 1. The average molecular weight is 280 g/mol. The predicted octanol–water partition coefficient (Wildman–Crippen LogP) is -5.98. The van der Waals surface area contributed by atoms with Crippen LogP contribution in [0.2, 0.25) is 0 Å². The normalized spacial score (nSPS) is 25.8. The Morgan fingerprint density at radius 1 is 1.67 bits per heavy atom. The van der Waals surface area contributed by atoms with Gasteiger partial charge in [-0.05, 0) is 5.57 Å². The number of nitrogens with one attached hydrogen (secondary N) is 1. The zero-order valence-corrected chi connectivity index (χ0v) is 12.4. The fourth-order valence-corrected chi connectivity index (χ4v) is 3.23. The second-order valence-corrected chi connectivity index (χ2v) is 4.67. The van der Waals surface area contributed by atoms with Crippen molar-refractivity contribution in [1.29, 1.82) is 0 Å². The van der Waals surface area contributed by atoms with Crippen LogP contribution in [0.4, 0.5) is 0 Å². The summed E-state index contributed by atoms with van der Waals surface area (Å²) in [5.41, 5.74) is -0.0191. The summed E-state index contributed by atoms with van der Waals surface area (Å²) >= 11 is 1.29. The first-order valence-corrected chi connectivity index (χ1v) is 5.85. The van der Waals surface area contributed by atoms with E-state index in [-0.39, 0.29) is 40.8 Å². The molecule has 2 N–H and O–H groups in total. The molecule has 9 heteroatoms. The zero-order valence-electron chi connectivity index (χ0n) is 9.58. The number of carbonyl (C=O) groups is 3. The number of rotatable bonds is 4. The van der Waals surface area contributed by atoms with E-state index in [1.807, 2.05) is 0 Å². The van der Waals surface area contributed by atoms with Gasteiger partial charge in [0.1, 0.15) is 11.4 Å². The van der Waals surface area contributed by atoms with Crippen LogP contribution in [0.3, 0.4) is 0 Å². The third-order valence-electron chi connectivity index (χ3n) is 2.68. The molecule has 2 heterocycles. The summed E-state index contributed by atoms with van der Waals surface area (Å²) in [4.78, 5) is 33.9. The van der Waals surface area contributed by atoms with Crippen molar-refractivity contribution < 1.29 is 54.2 Å². The fraction of sp³-hybridized carbons (Fsp3) is 0.444. The molecule has 7 nitrogen and oxygen atoms in total. The number of aliphatic hydroxyl groups is 1. The number of carboxylic acids is 1. The van der Waals surface area contributed by atoms with Crippen LogP contribution in [0.25, 0.3) is 0 Å². The molecule has 92 valence electrons. The summed E-state index contributed by atoms with van der Waals surface area (Å²) in [5.74, 6) is -1.69. The number of fused-ring (bicyclic) bond motifs is 1. The summed E-state index contributed by atoms with van der Waals surface area (Å²) in [7, 11) is 0. The molecule has 18 heavy (non-hydrogen) atoms. The molecule has 2 atom stereocenters. The molecule has 0 aromatic carbocycles. The van der Waals surface area contributed by atoms with E-state index in [1.54, 1.807) is 0 Å². The second kappa shape index (κ2) is 6.07.